The molecule has 3 aromatic rings. The van der Waals surface area contributed by atoms with Crippen molar-refractivity contribution in [3.63, 3.8) is 0 Å². The van der Waals surface area contributed by atoms with Crippen molar-refractivity contribution in [2.24, 2.45) is 0 Å². The highest BCUT2D eigenvalue weighted by molar-refractivity contribution is 7.83. The SMILES string of the molecule is Cc1ccccc1Cc1nc(CS(=O)Cc2nc(C)c(C)o2)no1. The summed E-state index contributed by atoms with van der Waals surface area (Å²) in [6.07, 6.45) is 0.574. The van der Waals surface area contributed by atoms with Crippen LogP contribution in [0.2, 0.25) is 0 Å². The van der Waals surface area contributed by atoms with Crippen molar-refractivity contribution in [2.45, 2.75) is 38.7 Å². The average molecular weight is 345 g/mol. The van der Waals surface area contributed by atoms with Crippen molar-refractivity contribution in [3.05, 3.63) is 64.5 Å². The van der Waals surface area contributed by atoms with E-state index in [0.29, 0.717) is 24.0 Å². The van der Waals surface area contributed by atoms with Gasteiger partial charge in [0.2, 0.25) is 11.8 Å². The minimum absolute atomic E-state index is 0.220. The fourth-order valence-electron chi connectivity index (χ4n) is 2.33. The highest BCUT2D eigenvalue weighted by Crippen LogP contribution is 2.14. The first-order valence-corrected chi connectivity index (χ1v) is 9.14. The predicted octanol–water partition coefficient (Wildman–Crippen LogP) is 3.02. The number of aryl methyl sites for hydroxylation is 3. The van der Waals surface area contributed by atoms with E-state index in [1.165, 1.54) is 5.56 Å². The lowest BCUT2D eigenvalue weighted by Crippen LogP contribution is -2.01. The molecule has 0 saturated heterocycles. The Hall–Kier alpha value is -2.28. The van der Waals surface area contributed by atoms with Crippen LogP contribution in [0, 0.1) is 20.8 Å². The Bertz CT molecular complexity index is 850. The summed E-state index contributed by atoms with van der Waals surface area (Å²) in [5.41, 5.74) is 3.14. The lowest BCUT2D eigenvalue weighted by Gasteiger charge is -2.00. The molecule has 126 valence electrons. The van der Waals surface area contributed by atoms with Crippen molar-refractivity contribution >= 4 is 10.8 Å². The van der Waals surface area contributed by atoms with E-state index in [4.69, 9.17) is 8.94 Å². The Morgan fingerprint density at radius 1 is 1.04 bits per heavy atom. The van der Waals surface area contributed by atoms with Gasteiger partial charge in [0.25, 0.3) is 0 Å². The summed E-state index contributed by atoms with van der Waals surface area (Å²) in [4.78, 5) is 8.57. The van der Waals surface area contributed by atoms with Crippen molar-refractivity contribution in [1.29, 1.82) is 0 Å². The van der Waals surface area contributed by atoms with Gasteiger partial charge in [0, 0.05) is 10.8 Å². The maximum atomic E-state index is 12.2. The number of benzene rings is 1. The molecule has 2 heterocycles. The number of hydrogen-bond donors (Lipinski definition) is 0. The number of hydrogen-bond acceptors (Lipinski definition) is 6. The zero-order valence-electron chi connectivity index (χ0n) is 13.9. The van der Waals surface area contributed by atoms with E-state index in [0.717, 1.165) is 17.0 Å². The van der Waals surface area contributed by atoms with E-state index in [2.05, 4.69) is 15.1 Å². The molecule has 1 atom stereocenters. The molecular formula is C17H19N3O3S. The van der Waals surface area contributed by atoms with Gasteiger partial charge in [0.15, 0.2) is 5.82 Å². The van der Waals surface area contributed by atoms with E-state index in [9.17, 15) is 4.21 Å². The molecule has 0 amide bonds. The zero-order valence-corrected chi connectivity index (χ0v) is 14.7. The Balaban J connectivity index is 1.61. The number of aromatic nitrogens is 3. The number of oxazole rings is 1. The molecule has 0 radical (unpaired) electrons. The molecule has 3 rings (SSSR count). The van der Waals surface area contributed by atoms with Gasteiger partial charge in [-0.15, -0.1) is 0 Å². The summed E-state index contributed by atoms with van der Waals surface area (Å²) < 4.78 is 22.9. The summed E-state index contributed by atoms with van der Waals surface area (Å²) in [6.45, 7) is 5.75. The molecule has 0 aliphatic rings. The van der Waals surface area contributed by atoms with Gasteiger partial charge < -0.3 is 8.94 Å². The molecule has 0 spiro atoms. The number of nitrogens with zero attached hydrogens (tertiary/aromatic N) is 3. The predicted molar refractivity (Wildman–Crippen MR) is 89.8 cm³/mol. The van der Waals surface area contributed by atoms with Gasteiger partial charge in [-0.2, -0.15) is 4.98 Å². The van der Waals surface area contributed by atoms with Crippen LogP contribution in [0.4, 0.5) is 0 Å². The molecule has 7 heteroatoms. The first-order valence-electron chi connectivity index (χ1n) is 7.65. The van der Waals surface area contributed by atoms with Crippen molar-refractivity contribution < 1.29 is 13.1 Å². The van der Waals surface area contributed by atoms with E-state index in [-0.39, 0.29) is 11.5 Å². The molecule has 0 saturated carbocycles. The summed E-state index contributed by atoms with van der Waals surface area (Å²) >= 11 is 0. The Morgan fingerprint density at radius 2 is 1.83 bits per heavy atom. The van der Waals surface area contributed by atoms with Crippen LogP contribution in [0.5, 0.6) is 0 Å². The van der Waals surface area contributed by atoms with Crippen molar-refractivity contribution in [3.8, 4) is 0 Å². The van der Waals surface area contributed by atoms with Gasteiger partial charge in [-0.1, -0.05) is 29.4 Å². The van der Waals surface area contributed by atoms with Crippen molar-refractivity contribution in [2.75, 3.05) is 0 Å². The van der Waals surface area contributed by atoms with Crippen LogP contribution in [-0.2, 0) is 28.7 Å². The third kappa shape index (κ3) is 3.97. The maximum absolute atomic E-state index is 12.2. The summed E-state index contributed by atoms with van der Waals surface area (Å²) in [6, 6.07) is 8.05. The second kappa shape index (κ2) is 7.09. The highest BCUT2D eigenvalue weighted by atomic mass is 32.2. The zero-order chi connectivity index (χ0) is 17.1. The molecule has 0 aliphatic carbocycles. The van der Waals surface area contributed by atoms with Crippen LogP contribution >= 0.6 is 0 Å². The molecule has 0 bridgehead atoms. The first-order chi connectivity index (χ1) is 11.5. The van der Waals surface area contributed by atoms with E-state index >= 15 is 0 Å². The van der Waals surface area contributed by atoms with Crippen LogP contribution in [0.25, 0.3) is 0 Å². The quantitative estimate of drug-likeness (QED) is 0.683. The molecule has 2 aromatic heterocycles. The Kier molecular flexibility index (Phi) is 4.89. The van der Waals surface area contributed by atoms with Crippen LogP contribution in [-0.4, -0.2) is 19.3 Å². The van der Waals surface area contributed by atoms with Crippen LogP contribution < -0.4 is 0 Å². The standard InChI is InChI=1S/C17H19N3O3S/c1-11-6-4-5-7-14(11)8-16-19-15(20-23-16)9-24(21)10-17-18-12(2)13(3)22-17/h4-7H,8-10H2,1-3H3. The topological polar surface area (TPSA) is 82.0 Å². The monoisotopic (exact) mass is 345 g/mol. The summed E-state index contributed by atoms with van der Waals surface area (Å²) in [5.74, 6) is 2.67. The van der Waals surface area contributed by atoms with Crippen LogP contribution in [0.3, 0.4) is 0 Å². The lowest BCUT2D eigenvalue weighted by atomic mass is 10.1. The molecule has 1 aromatic carbocycles. The van der Waals surface area contributed by atoms with Crippen LogP contribution in [0.15, 0.2) is 33.2 Å². The molecule has 0 aliphatic heterocycles. The molecule has 0 N–H and O–H groups in total. The third-order valence-corrected chi connectivity index (χ3v) is 4.91. The summed E-state index contributed by atoms with van der Waals surface area (Å²) in [7, 11) is -1.20. The van der Waals surface area contributed by atoms with E-state index < -0.39 is 10.8 Å². The van der Waals surface area contributed by atoms with E-state index in [1.807, 2.05) is 45.0 Å². The van der Waals surface area contributed by atoms with E-state index in [1.54, 1.807) is 0 Å². The normalized spacial score (nSPS) is 12.5. The van der Waals surface area contributed by atoms with Gasteiger partial charge >= 0.3 is 0 Å². The lowest BCUT2D eigenvalue weighted by molar-refractivity contribution is 0.380. The third-order valence-electron chi connectivity index (χ3n) is 3.76. The van der Waals surface area contributed by atoms with Gasteiger partial charge in [0.1, 0.15) is 11.5 Å². The minimum Gasteiger partial charge on any atom is -0.445 e. The second-order valence-corrected chi connectivity index (χ2v) is 7.14. The Labute approximate surface area is 142 Å². The maximum Gasteiger partial charge on any atom is 0.231 e. The second-order valence-electron chi connectivity index (χ2n) is 5.69. The molecule has 1 unspecified atom stereocenters. The fourth-order valence-corrected chi connectivity index (χ4v) is 3.23. The summed E-state index contributed by atoms with van der Waals surface area (Å²) in [5, 5.41) is 3.92. The first kappa shape index (κ1) is 16.6. The molecule has 6 nitrogen and oxygen atoms in total. The fraction of sp³-hybridized carbons (Fsp3) is 0.353. The van der Waals surface area contributed by atoms with Gasteiger partial charge in [-0.25, -0.2) is 4.98 Å². The van der Waals surface area contributed by atoms with Gasteiger partial charge in [-0.05, 0) is 31.9 Å². The Morgan fingerprint density at radius 3 is 2.54 bits per heavy atom. The average Bonchev–Trinajstić information content (AvgIpc) is 3.08. The minimum atomic E-state index is -1.20. The smallest absolute Gasteiger partial charge is 0.231 e. The number of rotatable bonds is 6. The highest BCUT2D eigenvalue weighted by Gasteiger charge is 2.14. The molecular weight excluding hydrogens is 326 g/mol. The van der Waals surface area contributed by atoms with Gasteiger partial charge in [0.05, 0.1) is 17.9 Å². The molecule has 24 heavy (non-hydrogen) atoms. The van der Waals surface area contributed by atoms with Gasteiger partial charge in [-0.3, -0.25) is 4.21 Å². The molecule has 0 fully saturated rings. The van der Waals surface area contributed by atoms with Crippen LogP contribution in [0.1, 0.15) is 40.2 Å². The largest absolute Gasteiger partial charge is 0.445 e. The van der Waals surface area contributed by atoms with Crippen molar-refractivity contribution in [1.82, 2.24) is 15.1 Å².